The van der Waals surface area contributed by atoms with Crippen LogP contribution in [0.15, 0.2) is 188 Å². The summed E-state index contributed by atoms with van der Waals surface area (Å²) in [5.41, 5.74) is 10.9. The Balaban J connectivity index is 1.13. The molecule has 0 N–H and O–H groups in total. The molecule has 9 rings (SSSR count). The molecule has 0 aliphatic heterocycles. The predicted octanol–water partition coefficient (Wildman–Crippen LogP) is 12.7. The van der Waals surface area contributed by atoms with E-state index in [9.17, 15) is 0 Å². The van der Waals surface area contributed by atoms with Gasteiger partial charge in [0.15, 0.2) is 0 Å². The van der Waals surface area contributed by atoms with E-state index in [1.807, 2.05) is 0 Å². The topological polar surface area (TPSA) is 3.24 Å². The zero-order valence-electron chi connectivity index (χ0n) is 26.3. The number of benzene rings is 8. The predicted molar refractivity (Wildman–Crippen MR) is 207 cm³/mol. The molecule has 1 nitrogen and oxygen atoms in total. The molecule has 2 heteroatoms. The van der Waals surface area contributed by atoms with Crippen molar-refractivity contribution in [3.8, 4) is 33.4 Å². The van der Waals surface area contributed by atoms with Gasteiger partial charge in [-0.05, 0) is 0 Å². The van der Waals surface area contributed by atoms with Crippen LogP contribution >= 0.6 is 0 Å². The van der Waals surface area contributed by atoms with Crippen LogP contribution in [-0.4, -0.2) is 14.5 Å². The van der Waals surface area contributed by atoms with Gasteiger partial charge in [0, 0.05) is 0 Å². The average molecular weight is 677 g/mol. The summed E-state index contributed by atoms with van der Waals surface area (Å²) in [6, 6.07) is 68.6. The molecule has 0 fully saturated rings. The number of rotatable bonds is 6. The Labute approximate surface area is 286 Å². The quantitative estimate of drug-likeness (QED) is 0.159. The molecule has 0 aliphatic carbocycles. The van der Waals surface area contributed by atoms with Crippen LogP contribution in [0.25, 0.3) is 63.4 Å². The van der Waals surface area contributed by atoms with E-state index in [1.165, 1.54) is 69.1 Å². The number of anilines is 3. The molecule has 9 aromatic rings. The van der Waals surface area contributed by atoms with Crippen LogP contribution in [0.2, 0.25) is 0 Å². The summed E-state index contributed by atoms with van der Waals surface area (Å²) in [6.07, 6.45) is 0. The zero-order valence-corrected chi connectivity index (χ0v) is 28.0. The minimum atomic E-state index is 0.216. The normalized spacial score (nSPS) is 11.3. The summed E-state index contributed by atoms with van der Waals surface area (Å²) in [5, 5.41) is 5.29. The molecular formula is C46H31NSe. The van der Waals surface area contributed by atoms with Gasteiger partial charge in [-0.25, -0.2) is 0 Å². The summed E-state index contributed by atoms with van der Waals surface area (Å²) in [5.74, 6) is 0. The van der Waals surface area contributed by atoms with Gasteiger partial charge in [-0.2, -0.15) is 0 Å². The fourth-order valence-corrected chi connectivity index (χ4v) is 9.24. The third-order valence-corrected chi connectivity index (χ3v) is 11.6. The van der Waals surface area contributed by atoms with Gasteiger partial charge in [0.25, 0.3) is 0 Å². The molecule has 0 amide bonds. The van der Waals surface area contributed by atoms with Crippen LogP contribution in [0, 0.1) is 0 Å². The third kappa shape index (κ3) is 5.32. The molecule has 1 heterocycles. The minimum absolute atomic E-state index is 0.216. The maximum absolute atomic E-state index is 2.42. The Morgan fingerprint density at radius 1 is 0.292 bits per heavy atom. The standard InChI is InChI=1S/C46H31NSe/c1-3-9-32(10-4-1)35-17-22-40(23-18-35)47(41-24-19-36(20-25-41)33-11-5-2-6-12-33)42-26-28-44-43-27-21-39(30-45(43)48-46(44)31-42)38-16-15-34-13-7-8-14-37(34)29-38/h1-31H. The Morgan fingerprint density at radius 3 is 1.35 bits per heavy atom. The van der Waals surface area contributed by atoms with Crippen molar-refractivity contribution >= 4 is 61.6 Å². The summed E-state index contributed by atoms with van der Waals surface area (Å²) in [7, 11) is 0. The van der Waals surface area contributed by atoms with Crippen LogP contribution in [0.1, 0.15) is 0 Å². The molecule has 1 aromatic heterocycles. The molecule has 48 heavy (non-hydrogen) atoms. The fraction of sp³-hybridized carbons (Fsp3) is 0. The van der Waals surface area contributed by atoms with E-state index in [0.717, 1.165) is 11.4 Å². The van der Waals surface area contributed by atoms with Gasteiger partial charge in [-0.1, -0.05) is 0 Å². The van der Waals surface area contributed by atoms with Gasteiger partial charge < -0.3 is 0 Å². The van der Waals surface area contributed by atoms with Gasteiger partial charge in [-0.3, -0.25) is 0 Å². The van der Waals surface area contributed by atoms with Gasteiger partial charge in [0.05, 0.1) is 0 Å². The summed E-state index contributed by atoms with van der Waals surface area (Å²) < 4.78 is 2.88. The Hall–Kier alpha value is -5.66. The first-order chi connectivity index (χ1) is 23.8. The molecule has 0 unspecified atom stereocenters. The summed E-state index contributed by atoms with van der Waals surface area (Å²) >= 11 is 0.216. The van der Waals surface area contributed by atoms with E-state index >= 15 is 0 Å². The first-order valence-electron chi connectivity index (χ1n) is 16.3. The second kappa shape index (κ2) is 12.2. The third-order valence-electron chi connectivity index (χ3n) is 9.26. The second-order valence-corrected chi connectivity index (χ2v) is 14.5. The van der Waals surface area contributed by atoms with E-state index in [4.69, 9.17) is 0 Å². The number of hydrogen-bond donors (Lipinski definition) is 0. The molecule has 0 saturated heterocycles. The Morgan fingerprint density at radius 2 is 0.729 bits per heavy atom. The van der Waals surface area contributed by atoms with Gasteiger partial charge in [0.1, 0.15) is 0 Å². The molecule has 226 valence electrons. The van der Waals surface area contributed by atoms with Crippen LogP contribution in [-0.2, 0) is 0 Å². The van der Waals surface area contributed by atoms with Crippen LogP contribution in [0.4, 0.5) is 17.1 Å². The van der Waals surface area contributed by atoms with E-state index in [-0.39, 0.29) is 14.5 Å². The van der Waals surface area contributed by atoms with E-state index in [1.54, 1.807) is 0 Å². The van der Waals surface area contributed by atoms with Crippen molar-refractivity contribution < 1.29 is 0 Å². The molecule has 0 atom stereocenters. The van der Waals surface area contributed by atoms with Crippen molar-refractivity contribution in [1.82, 2.24) is 0 Å². The zero-order chi connectivity index (χ0) is 31.9. The molecule has 0 radical (unpaired) electrons. The van der Waals surface area contributed by atoms with Gasteiger partial charge in [-0.15, -0.1) is 0 Å². The van der Waals surface area contributed by atoms with E-state index in [0.29, 0.717) is 0 Å². The first-order valence-corrected chi connectivity index (χ1v) is 18.0. The van der Waals surface area contributed by atoms with Crippen LogP contribution in [0.3, 0.4) is 0 Å². The monoisotopic (exact) mass is 677 g/mol. The SMILES string of the molecule is c1ccc(-c2ccc(N(c3ccc(-c4ccccc4)cc3)c3ccc4c(c3)[se]c3cc(-c5ccc6ccccc6c5)ccc34)cc2)cc1. The summed E-state index contributed by atoms with van der Waals surface area (Å²) in [6.45, 7) is 0. The van der Waals surface area contributed by atoms with Crippen molar-refractivity contribution in [3.63, 3.8) is 0 Å². The molecular weight excluding hydrogens is 645 g/mol. The van der Waals surface area contributed by atoms with Gasteiger partial charge >= 0.3 is 288 Å². The van der Waals surface area contributed by atoms with Crippen LogP contribution < -0.4 is 4.90 Å². The maximum atomic E-state index is 2.42. The van der Waals surface area contributed by atoms with Gasteiger partial charge in [0.2, 0.25) is 0 Å². The van der Waals surface area contributed by atoms with Crippen LogP contribution in [0.5, 0.6) is 0 Å². The van der Waals surface area contributed by atoms with E-state index in [2.05, 4.69) is 193 Å². The Kier molecular flexibility index (Phi) is 7.24. The van der Waals surface area contributed by atoms with Crippen molar-refractivity contribution in [2.24, 2.45) is 0 Å². The molecule has 0 bridgehead atoms. The first kappa shape index (κ1) is 28.6. The summed E-state index contributed by atoms with van der Waals surface area (Å²) in [4.78, 5) is 2.39. The molecule has 0 saturated carbocycles. The molecule has 0 spiro atoms. The van der Waals surface area contributed by atoms with Crippen molar-refractivity contribution in [2.75, 3.05) is 4.90 Å². The second-order valence-electron chi connectivity index (χ2n) is 12.2. The average Bonchev–Trinajstić information content (AvgIpc) is 3.53. The fourth-order valence-electron chi connectivity index (χ4n) is 6.77. The number of nitrogens with zero attached hydrogens (tertiary/aromatic N) is 1. The number of hydrogen-bond acceptors (Lipinski definition) is 1. The van der Waals surface area contributed by atoms with Crippen molar-refractivity contribution in [1.29, 1.82) is 0 Å². The molecule has 8 aromatic carbocycles. The Bertz CT molecular complexity index is 2450. The molecule has 0 aliphatic rings. The number of fused-ring (bicyclic) bond motifs is 4. The van der Waals surface area contributed by atoms with Crippen molar-refractivity contribution in [2.45, 2.75) is 0 Å². The van der Waals surface area contributed by atoms with E-state index < -0.39 is 0 Å². The van der Waals surface area contributed by atoms with Crippen molar-refractivity contribution in [3.05, 3.63) is 188 Å².